The number of amides is 2. The summed E-state index contributed by atoms with van der Waals surface area (Å²) in [4.78, 5) is 22.3. The van der Waals surface area contributed by atoms with E-state index in [1.54, 1.807) is 11.6 Å². The van der Waals surface area contributed by atoms with Crippen molar-refractivity contribution < 1.29 is 9.18 Å². The van der Waals surface area contributed by atoms with Crippen LogP contribution < -0.4 is 5.32 Å². The molecule has 2 amide bonds. The van der Waals surface area contributed by atoms with Gasteiger partial charge in [0.2, 0.25) is 0 Å². The maximum atomic E-state index is 14.0. The van der Waals surface area contributed by atoms with E-state index < -0.39 is 0 Å². The Kier molecular flexibility index (Phi) is 5.30. The molecule has 9 heteroatoms. The number of carbonyl (C=O) groups excluding carboxylic acids is 1. The Hall–Kier alpha value is -3.30. The molecule has 0 radical (unpaired) electrons. The van der Waals surface area contributed by atoms with Crippen LogP contribution in [0, 0.1) is 12.7 Å². The van der Waals surface area contributed by atoms with E-state index in [2.05, 4.69) is 31.5 Å². The van der Waals surface area contributed by atoms with Gasteiger partial charge in [-0.3, -0.25) is 15.0 Å². The number of aromatic amines is 1. The van der Waals surface area contributed by atoms with E-state index >= 15 is 0 Å². The third kappa shape index (κ3) is 3.84. The monoisotopic (exact) mass is 476 g/mol. The fraction of sp³-hybridized carbons (Fsp3) is 0.320. The van der Waals surface area contributed by atoms with Crippen LogP contribution in [-0.2, 0) is 13.1 Å². The fourth-order valence-corrected chi connectivity index (χ4v) is 5.87. The maximum Gasteiger partial charge on any atom is 0.322 e. The van der Waals surface area contributed by atoms with E-state index in [1.807, 2.05) is 30.0 Å². The Morgan fingerprint density at radius 3 is 3.00 bits per heavy atom. The summed E-state index contributed by atoms with van der Waals surface area (Å²) in [5.41, 5.74) is 5.62. The Bertz CT molecular complexity index is 1380. The predicted molar refractivity (Wildman–Crippen MR) is 131 cm³/mol. The second-order valence-corrected chi connectivity index (χ2v) is 10.1. The van der Waals surface area contributed by atoms with Gasteiger partial charge in [-0.2, -0.15) is 5.10 Å². The molecule has 0 bridgehead atoms. The second kappa shape index (κ2) is 8.48. The number of anilines is 1. The molecule has 6 rings (SSSR count). The number of hydrogen-bond donors (Lipinski definition) is 2. The van der Waals surface area contributed by atoms with Crippen molar-refractivity contribution in [2.24, 2.45) is 0 Å². The van der Waals surface area contributed by atoms with Gasteiger partial charge in [-0.25, -0.2) is 9.18 Å². The van der Waals surface area contributed by atoms with Gasteiger partial charge in [0.05, 0.1) is 10.4 Å². The highest BCUT2D eigenvalue weighted by atomic mass is 32.1. The van der Waals surface area contributed by atoms with Gasteiger partial charge in [0.1, 0.15) is 11.5 Å². The lowest BCUT2D eigenvalue weighted by atomic mass is 9.99. The summed E-state index contributed by atoms with van der Waals surface area (Å²) in [6.07, 6.45) is 3.73. The van der Waals surface area contributed by atoms with Crippen LogP contribution in [0.5, 0.6) is 0 Å². The van der Waals surface area contributed by atoms with Crippen molar-refractivity contribution in [3.8, 4) is 11.3 Å². The first-order valence-electron chi connectivity index (χ1n) is 11.5. The van der Waals surface area contributed by atoms with Crippen molar-refractivity contribution in [2.75, 3.05) is 18.4 Å². The number of urea groups is 1. The number of halogens is 1. The number of aryl methyl sites for hydroxylation is 1. The number of hydrogen-bond acceptors (Lipinski definition) is 5. The number of carbonyl (C=O) groups is 1. The average molecular weight is 477 g/mol. The highest BCUT2D eigenvalue weighted by molar-refractivity contribution is 7.09. The zero-order valence-corrected chi connectivity index (χ0v) is 19.7. The predicted octanol–water partition coefficient (Wildman–Crippen LogP) is 5.15. The number of pyridine rings is 1. The molecular formula is C25H25FN6OS. The normalized spacial score (nSPS) is 18.8. The highest BCUT2D eigenvalue weighted by Crippen LogP contribution is 2.34. The van der Waals surface area contributed by atoms with Crippen LogP contribution in [-0.4, -0.2) is 50.1 Å². The molecule has 5 heterocycles. The molecule has 174 valence electrons. The standard InChI is InChI=1S/C25H25FN6OS/c1-15-9-16(4-6-27-15)24-19-10-17-12-32(25(33)28-21(17)11-22(19)29-30-24)18-3-2-7-31(13-18)14-23-20(26)5-8-34-23/h4-6,8-11,18H,2-3,7,12-14H2,1H3,(H,28,33)(H,29,30)/t18-/m1/s1. The van der Waals surface area contributed by atoms with Crippen LogP contribution in [0.1, 0.15) is 29.0 Å². The summed E-state index contributed by atoms with van der Waals surface area (Å²) >= 11 is 1.45. The SMILES string of the molecule is Cc1cc(-c2n[nH]c3cc4c(cc23)CN([C@@H]2CCCN(Cc3sccc3F)C2)C(=O)N4)ccn1. The van der Waals surface area contributed by atoms with Gasteiger partial charge in [0.15, 0.2) is 0 Å². The van der Waals surface area contributed by atoms with Crippen LogP contribution in [0.4, 0.5) is 14.9 Å². The summed E-state index contributed by atoms with van der Waals surface area (Å²) in [6.45, 7) is 4.77. The molecule has 0 saturated carbocycles. The lowest BCUT2D eigenvalue weighted by molar-refractivity contribution is 0.108. The van der Waals surface area contributed by atoms with Crippen LogP contribution in [0.3, 0.4) is 0 Å². The lowest BCUT2D eigenvalue weighted by Crippen LogP contribution is -2.52. The van der Waals surface area contributed by atoms with Crippen LogP contribution in [0.25, 0.3) is 22.2 Å². The molecule has 1 aromatic carbocycles. The Labute approximate surface area is 200 Å². The van der Waals surface area contributed by atoms with Crippen LogP contribution >= 0.6 is 11.3 Å². The molecule has 1 saturated heterocycles. The number of likely N-dealkylation sites (tertiary alicyclic amines) is 1. The third-order valence-corrected chi connectivity index (χ3v) is 7.66. The van der Waals surface area contributed by atoms with Crippen molar-refractivity contribution in [3.05, 3.63) is 63.9 Å². The van der Waals surface area contributed by atoms with Gasteiger partial charge in [0, 0.05) is 54.2 Å². The van der Waals surface area contributed by atoms with Gasteiger partial charge >= 0.3 is 6.03 Å². The molecule has 3 aromatic heterocycles. The van der Waals surface area contributed by atoms with Gasteiger partial charge in [-0.05, 0) is 67.6 Å². The first-order chi connectivity index (χ1) is 16.5. The van der Waals surface area contributed by atoms with E-state index in [9.17, 15) is 9.18 Å². The molecule has 2 aliphatic heterocycles. The number of aromatic nitrogens is 3. The smallest absolute Gasteiger partial charge is 0.316 e. The maximum absolute atomic E-state index is 14.0. The van der Waals surface area contributed by atoms with Crippen LogP contribution in [0.15, 0.2) is 41.9 Å². The molecule has 7 nitrogen and oxygen atoms in total. The van der Waals surface area contributed by atoms with E-state index in [1.165, 1.54) is 17.4 Å². The van der Waals surface area contributed by atoms with E-state index in [0.29, 0.717) is 13.1 Å². The minimum absolute atomic E-state index is 0.0782. The molecule has 2 N–H and O–H groups in total. The number of rotatable bonds is 4. The molecule has 4 aromatic rings. The fourth-order valence-electron chi connectivity index (χ4n) is 5.08. The average Bonchev–Trinajstić information content (AvgIpc) is 3.43. The molecule has 0 aliphatic carbocycles. The minimum atomic E-state index is -0.138. The number of H-pyrrole nitrogens is 1. The number of piperidine rings is 1. The van der Waals surface area contributed by atoms with E-state index in [4.69, 9.17) is 0 Å². The minimum Gasteiger partial charge on any atom is -0.316 e. The van der Waals surface area contributed by atoms with Gasteiger partial charge < -0.3 is 10.2 Å². The lowest BCUT2D eigenvalue weighted by Gasteiger charge is -2.41. The van der Waals surface area contributed by atoms with Gasteiger partial charge in [0.25, 0.3) is 0 Å². The number of fused-ring (bicyclic) bond motifs is 2. The van der Waals surface area contributed by atoms with E-state index in [0.717, 1.165) is 69.9 Å². The quantitative estimate of drug-likeness (QED) is 0.427. The molecule has 1 fully saturated rings. The van der Waals surface area contributed by atoms with Crippen molar-refractivity contribution in [1.29, 1.82) is 0 Å². The van der Waals surface area contributed by atoms with Crippen molar-refractivity contribution >= 4 is 34.0 Å². The third-order valence-electron chi connectivity index (χ3n) is 6.78. The molecule has 34 heavy (non-hydrogen) atoms. The number of nitrogens with zero attached hydrogens (tertiary/aromatic N) is 4. The molecule has 2 aliphatic rings. The first-order valence-corrected chi connectivity index (χ1v) is 12.4. The summed E-state index contributed by atoms with van der Waals surface area (Å²) < 4.78 is 14.0. The van der Waals surface area contributed by atoms with Gasteiger partial charge in [-0.1, -0.05) is 0 Å². The molecular weight excluding hydrogens is 451 g/mol. The molecule has 0 spiro atoms. The van der Waals surface area contributed by atoms with Crippen molar-refractivity contribution in [1.82, 2.24) is 25.0 Å². The topological polar surface area (TPSA) is 77.2 Å². The number of nitrogens with one attached hydrogen (secondary N) is 2. The Balaban J connectivity index is 1.26. The summed E-state index contributed by atoms with van der Waals surface area (Å²) in [7, 11) is 0. The Morgan fingerprint density at radius 1 is 1.26 bits per heavy atom. The largest absolute Gasteiger partial charge is 0.322 e. The summed E-state index contributed by atoms with van der Waals surface area (Å²) in [6, 6.07) is 9.62. The zero-order chi connectivity index (χ0) is 23.2. The van der Waals surface area contributed by atoms with Crippen molar-refractivity contribution in [3.63, 3.8) is 0 Å². The summed E-state index contributed by atoms with van der Waals surface area (Å²) in [5.74, 6) is -0.138. The number of thiophene rings is 1. The van der Waals surface area contributed by atoms with E-state index in [-0.39, 0.29) is 17.9 Å². The second-order valence-electron chi connectivity index (χ2n) is 9.09. The Morgan fingerprint density at radius 2 is 2.18 bits per heavy atom. The summed E-state index contributed by atoms with van der Waals surface area (Å²) in [5, 5.41) is 13.5. The highest BCUT2D eigenvalue weighted by Gasteiger charge is 2.33. The van der Waals surface area contributed by atoms with Gasteiger partial charge in [-0.15, -0.1) is 11.3 Å². The zero-order valence-electron chi connectivity index (χ0n) is 18.8. The number of benzene rings is 1. The first kappa shape index (κ1) is 21.2. The van der Waals surface area contributed by atoms with Crippen molar-refractivity contribution in [2.45, 2.75) is 38.9 Å². The molecule has 1 atom stereocenters. The molecule has 0 unspecified atom stereocenters. The van der Waals surface area contributed by atoms with Crippen LogP contribution in [0.2, 0.25) is 0 Å².